The van der Waals surface area contributed by atoms with Crippen LogP contribution in [0.25, 0.3) is 10.9 Å². The molecule has 2 aromatic heterocycles. The van der Waals surface area contributed by atoms with Crippen LogP contribution in [0.5, 0.6) is 0 Å². The number of fused-ring (bicyclic) bond motifs is 1. The molecule has 0 aliphatic rings. The lowest BCUT2D eigenvalue weighted by molar-refractivity contribution is -0.108. The fourth-order valence-electron chi connectivity index (χ4n) is 2.45. The van der Waals surface area contributed by atoms with Crippen molar-refractivity contribution in [1.82, 2.24) is 9.97 Å². The molecule has 2 heterocycles. The fourth-order valence-corrected chi connectivity index (χ4v) is 2.45. The molecule has 0 saturated carbocycles. The Hall–Kier alpha value is -2.62. The van der Waals surface area contributed by atoms with E-state index in [4.69, 9.17) is 0 Å². The molecular weight excluding hydrogens is 267 g/mol. The molecule has 1 unspecified atom stereocenters. The van der Waals surface area contributed by atoms with Gasteiger partial charge in [-0.3, -0.25) is 9.97 Å². The third-order valence-corrected chi connectivity index (χ3v) is 3.44. The van der Waals surface area contributed by atoms with Crippen molar-refractivity contribution in [1.29, 1.82) is 0 Å². The lowest BCUT2D eigenvalue weighted by atomic mass is 9.93. The number of nitrogens with zero attached hydrogens (tertiary/aromatic N) is 2. The van der Waals surface area contributed by atoms with Crippen molar-refractivity contribution >= 4 is 17.2 Å². The van der Waals surface area contributed by atoms with Gasteiger partial charge in [0.2, 0.25) is 0 Å². The Morgan fingerprint density at radius 1 is 1.19 bits per heavy atom. The number of carbonyl (C=O) groups excluding carboxylic acids is 1. The standard InChI is InChI=1S/C17H13FN2O/c1-11-3-2-4-16(20-11)15(10-21)13-7-8-19-17-9-12(18)5-6-14(13)17/h2-10,15H,1H3. The van der Waals surface area contributed by atoms with E-state index in [1.165, 1.54) is 12.1 Å². The number of carbonyl (C=O) groups is 1. The number of benzene rings is 1. The number of halogens is 1. The molecule has 21 heavy (non-hydrogen) atoms. The Labute approximate surface area is 121 Å². The van der Waals surface area contributed by atoms with Crippen LogP contribution in [0.15, 0.2) is 48.7 Å². The van der Waals surface area contributed by atoms with Crippen LogP contribution >= 0.6 is 0 Å². The van der Waals surface area contributed by atoms with E-state index in [1.54, 1.807) is 18.3 Å². The van der Waals surface area contributed by atoms with Crippen molar-refractivity contribution in [2.75, 3.05) is 0 Å². The van der Waals surface area contributed by atoms with Gasteiger partial charge in [-0.05, 0) is 42.8 Å². The second kappa shape index (κ2) is 5.40. The molecule has 0 radical (unpaired) electrons. The maximum absolute atomic E-state index is 13.3. The van der Waals surface area contributed by atoms with Gasteiger partial charge in [0.05, 0.1) is 17.1 Å². The maximum Gasteiger partial charge on any atom is 0.133 e. The number of pyridine rings is 2. The van der Waals surface area contributed by atoms with E-state index < -0.39 is 5.92 Å². The predicted molar refractivity (Wildman–Crippen MR) is 78.6 cm³/mol. The molecule has 3 aromatic rings. The van der Waals surface area contributed by atoms with Crippen LogP contribution in [-0.4, -0.2) is 16.3 Å². The molecule has 0 bridgehead atoms. The van der Waals surface area contributed by atoms with E-state index in [9.17, 15) is 9.18 Å². The van der Waals surface area contributed by atoms with E-state index in [0.717, 1.165) is 22.9 Å². The quantitative estimate of drug-likeness (QED) is 0.690. The first kappa shape index (κ1) is 13.4. The summed E-state index contributed by atoms with van der Waals surface area (Å²) >= 11 is 0. The summed E-state index contributed by atoms with van der Waals surface area (Å²) in [6, 6.07) is 11.7. The molecule has 0 aliphatic heterocycles. The highest BCUT2D eigenvalue weighted by molar-refractivity contribution is 5.86. The van der Waals surface area contributed by atoms with Crippen molar-refractivity contribution in [2.45, 2.75) is 12.8 Å². The second-order valence-electron chi connectivity index (χ2n) is 4.88. The number of hydrogen-bond donors (Lipinski definition) is 0. The molecular formula is C17H13FN2O. The van der Waals surface area contributed by atoms with Crippen LogP contribution in [0.3, 0.4) is 0 Å². The minimum atomic E-state index is -0.485. The zero-order valence-corrected chi connectivity index (χ0v) is 11.5. The molecule has 0 saturated heterocycles. The van der Waals surface area contributed by atoms with E-state index in [2.05, 4.69) is 9.97 Å². The summed E-state index contributed by atoms with van der Waals surface area (Å²) in [7, 11) is 0. The van der Waals surface area contributed by atoms with E-state index in [0.29, 0.717) is 11.2 Å². The molecule has 0 spiro atoms. The summed E-state index contributed by atoms with van der Waals surface area (Å²) in [5.74, 6) is -0.829. The van der Waals surface area contributed by atoms with Crippen molar-refractivity contribution in [3.05, 3.63) is 71.4 Å². The molecule has 3 nitrogen and oxygen atoms in total. The first-order chi connectivity index (χ1) is 10.2. The third kappa shape index (κ3) is 2.52. The Balaban J connectivity index is 2.20. The molecule has 104 valence electrons. The Morgan fingerprint density at radius 3 is 2.81 bits per heavy atom. The highest BCUT2D eigenvalue weighted by atomic mass is 19.1. The van der Waals surface area contributed by atoms with Gasteiger partial charge in [0, 0.05) is 23.3 Å². The summed E-state index contributed by atoms with van der Waals surface area (Å²) in [6.45, 7) is 1.88. The van der Waals surface area contributed by atoms with E-state index in [1.807, 2.05) is 25.1 Å². The highest BCUT2D eigenvalue weighted by Gasteiger charge is 2.18. The molecule has 1 atom stereocenters. The van der Waals surface area contributed by atoms with Gasteiger partial charge in [0.25, 0.3) is 0 Å². The van der Waals surface area contributed by atoms with Crippen molar-refractivity contribution < 1.29 is 9.18 Å². The summed E-state index contributed by atoms with van der Waals surface area (Å²) in [5, 5.41) is 0.763. The Bertz CT molecular complexity index is 817. The van der Waals surface area contributed by atoms with Crippen LogP contribution < -0.4 is 0 Å². The monoisotopic (exact) mass is 280 g/mol. The third-order valence-electron chi connectivity index (χ3n) is 3.44. The first-order valence-corrected chi connectivity index (χ1v) is 6.62. The van der Waals surface area contributed by atoms with Crippen LogP contribution in [0.1, 0.15) is 22.9 Å². The van der Waals surface area contributed by atoms with Crippen LogP contribution in [0.4, 0.5) is 4.39 Å². The molecule has 1 aromatic carbocycles. The van der Waals surface area contributed by atoms with Crippen LogP contribution in [0, 0.1) is 12.7 Å². The zero-order chi connectivity index (χ0) is 14.8. The van der Waals surface area contributed by atoms with Gasteiger partial charge in [0.15, 0.2) is 0 Å². The van der Waals surface area contributed by atoms with E-state index >= 15 is 0 Å². The van der Waals surface area contributed by atoms with Gasteiger partial charge in [-0.15, -0.1) is 0 Å². The van der Waals surface area contributed by atoms with E-state index in [-0.39, 0.29) is 5.82 Å². The average Bonchev–Trinajstić information content (AvgIpc) is 2.48. The average molecular weight is 280 g/mol. The summed E-state index contributed by atoms with van der Waals surface area (Å²) < 4.78 is 13.3. The summed E-state index contributed by atoms with van der Waals surface area (Å²) in [6.07, 6.45) is 2.45. The molecule has 3 rings (SSSR count). The van der Waals surface area contributed by atoms with Crippen molar-refractivity contribution in [3.63, 3.8) is 0 Å². The Kier molecular flexibility index (Phi) is 3.44. The number of aldehydes is 1. The number of aromatic nitrogens is 2. The zero-order valence-electron chi connectivity index (χ0n) is 11.5. The summed E-state index contributed by atoms with van der Waals surface area (Å²) in [5.41, 5.74) is 2.85. The van der Waals surface area contributed by atoms with Gasteiger partial charge in [-0.1, -0.05) is 6.07 Å². The van der Waals surface area contributed by atoms with Crippen molar-refractivity contribution in [3.8, 4) is 0 Å². The molecule has 4 heteroatoms. The van der Waals surface area contributed by atoms with Gasteiger partial charge in [-0.25, -0.2) is 4.39 Å². The minimum absolute atomic E-state index is 0.344. The van der Waals surface area contributed by atoms with Crippen LogP contribution in [0.2, 0.25) is 0 Å². The normalized spacial score (nSPS) is 12.3. The second-order valence-corrected chi connectivity index (χ2v) is 4.88. The van der Waals surface area contributed by atoms with Gasteiger partial charge >= 0.3 is 0 Å². The minimum Gasteiger partial charge on any atom is -0.302 e. The smallest absolute Gasteiger partial charge is 0.133 e. The predicted octanol–water partition coefficient (Wildman–Crippen LogP) is 3.41. The van der Waals surface area contributed by atoms with Gasteiger partial charge in [0.1, 0.15) is 12.1 Å². The molecule has 0 N–H and O–H groups in total. The molecule has 0 aliphatic carbocycles. The maximum atomic E-state index is 13.3. The molecule has 0 amide bonds. The number of aryl methyl sites for hydroxylation is 1. The van der Waals surface area contributed by atoms with Gasteiger partial charge in [-0.2, -0.15) is 0 Å². The largest absolute Gasteiger partial charge is 0.302 e. The molecule has 0 fully saturated rings. The lowest BCUT2D eigenvalue weighted by Crippen LogP contribution is -2.06. The van der Waals surface area contributed by atoms with Crippen LogP contribution in [-0.2, 0) is 4.79 Å². The SMILES string of the molecule is Cc1cccc(C(C=O)c2ccnc3cc(F)ccc23)n1. The highest BCUT2D eigenvalue weighted by Crippen LogP contribution is 2.28. The van der Waals surface area contributed by atoms with Crippen molar-refractivity contribution in [2.24, 2.45) is 0 Å². The first-order valence-electron chi connectivity index (χ1n) is 6.62. The Morgan fingerprint density at radius 2 is 2.05 bits per heavy atom. The number of hydrogen-bond acceptors (Lipinski definition) is 3. The fraction of sp³-hybridized carbons (Fsp3) is 0.118. The lowest BCUT2D eigenvalue weighted by Gasteiger charge is -2.13. The number of rotatable bonds is 3. The summed E-state index contributed by atoms with van der Waals surface area (Å²) in [4.78, 5) is 20.2. The van der Waals surface area contributed by atoms with Gasteiger partial charge < -0.3 is 4.79 Å². The topological polar surface area (TPSA) is 42.9 Å².